The second-order valence-electron chi connectivity index (χ2n) is 5.39. The molecule has 1 N–H and O–H groups in total. The number of pyridine rings is 1. The van der Waals surface area contributed by atoms with Gasteiger partial charge in [0.15, 0.2) is 0 Å². The number of aromatic carboxylic acids is 1. The van der Waals surface area contributed by atoms with Crippen LogP contribution < -0.4 is 4.90 Å². The van der Waals surface area contributed by atoms with Gasteiger partial charge in [-0.2, -0.15) is 0 Å². The second kappa shape index (κ2) is 6.22. The van der Waals surface area contributed by atoms with Crippen LogP contribution >= 0.6 is 0 Å². The quantitative estimate of drug-likeness (QED) is 0.829. The highest BCUT2D eigenvalue weighted by atomic mass is 16.5. The van der Waals surface area contributed by atoms with Crippen LogP contribution in [0.4, 0.5) is 5.82 Å². The van der Waals surface area contributed by atoms with E-state index in [-0.39, 0.29) is 11.6 Å². The van der Waals surface area contributed by atoms with Gasteiger partial charge in [-0.3, -0.25) is 0 Å². The minimum absolute atomic E-state index is 0.263. The van der Waals surface area contributed by atoms with Crippen LogP contribution in [-0.4, -0.2) is 42.4 Å². The van der Waals surface area contributed by atoms with E-state index < -0.39 is 5.97 Å². The van der Waals surface area contributed by atoms with Crippen molar-refractivity contribution in [1.82, 2.24) is 4.98 Å². The molecule has 0 spiro atoms. The fourth-order valence-corrected chi connectivity index (χ4v) is 2.45. The highest BCUT2D eigenvalue weighted by molar-refractivity contribution is 5.93. The first-order valence-electron chi connectivity index (χ1n) is 7.01. The summed E-state index contributed by atoms with van der Waals surface area (Å²) in [6, 6.07) is 3.67. The number of carboxylic acid groups (broad SMARTS) is 1. The Hall–Kier alpha value is -1.62. The number of aromatic nitrogens is 1. The third-order valence-electron chi connectivity index (χ3n) is 3.85. The van der Waals surface area contributed by atoms with Crippen LogP contribution in [0.2, 0.25) is 0 Å². The van der Waals surface area contributed by atoms with Gasteiger partial charge < -0.3 is 14.7 Å². The number of hydrogen-bond donors (Lipinski definition) is 1. The first-order valence-corrected chi connectivity index (χ1v) is 7.01. The van der Waals surface area contributed by atoms with Crippen LogP contribution in [0.15, 0.2) is 12.1 Å². The first-order chi connectivity index (χ1) is 9.54. The van der Waals surface area contributed by atoms with Crippen LogP contribution in [0.5, 0.6) is 0 Å². The lowest BCUT2D eigenvalue weighted by molar-refractivity contribution is 0.0697. The van der Waals surface area contributed by atoms with Crippen LogP contribution in [0.25, 0.3) is 0 Å². The third kappa shape index (κ3) is 3.28. The molecule has 0 amide bonds. The monoisotopic (exact) mass is 278 g/mol. The lowest BCUT2D eigenvalue weighted by Gasteiger charge is -2.31. The topological polar surface area (TPSA) is 62.7 Å². The molecule has 1 aliphatic rings. The summed E-state index contributed by atoms with van der Waals surface area (Å²) in [4.78, 5) is 18.0. The minimum atomic E-state index is -0.932. The van der Waals surface area contributed by atoms with Crippen molar-refractivity contribution >= 4 is 11.8 Å². The van der Waals surface area contributed by atoms with Crippen molar-refractivity contribution in [3.8, 4) is 0 Å². The molecule has 1 aliphatic carbocycles. The molecule has 2 rings (SSSR count). The number of hydrogen-bond acceptors (Lipinski definition) is 4. The van der Waals surface area contributed by atoms with Gasteiger partial charge in [0.25, 0.3) is 0 Å². The van der Waals surface area contributed by atoms with E-state index in [0.29, 0.717) is 24.9 Å². The molecule has 1 aromatic rings. The number of methoxy groups -OCH3 is 1. The maximum Gasteiger partial charge on any atom is 0.339 e. The maximum atomic E-state index is 11.4. The van der Waals surface area contributed by atoms with Crippen LogP contribution in [-0.2, 0) is 4.74 Å². The second-order valence-corrected chi connectivity index (χ2v) is 5.39. The van der Waals surface area contributed by atoms with Gasteiger partial charge >= 0.3 is 5.97 Å². The Morgan fingerprint density at radius 1 is 1.55 bits per heavy atom. The van der Waals surface area contributed by atoms with E-state index in [2.05, 4.69) is 16.8 Å². The molecule has 1 saturated carbocycles. The Morgan fingerprint density at radius 3 is 2.80 bits per heavy atom. The van der Waals surface area contributed by atoms with E-state index in [9.17, 15) is 9.90 Å². The molecule has 110 valence electrons. The molecule has 0 radical (unpaired) electrons. The van der Waals surface area contributed by atoms with Gasteiger partial charge in [0.05, 0.1) is 6.61 Å². The van der Waals surface area contributed by atoms with Gasteiger partial charge in [0, 0.05) is 25.4 Å². The van der Waals surface area contributed by atoms with Crippen LogP contribution in [0.1, 0.15) is 35.8 Å². The van der Waals surface area contributed by atoms with Gasteiger partial charge in [-0.1, -0.05) is 0 Å². The van der Waals surface area contributed by atoms with E-state index in [1.807, 2.05) is 6.92 Å². The number of rotatable bonds is 7. The molecule has 0 saturated heterocycles. The van der Waals surface area contributed by atoms with Crippen molar-refractivity contribution < 1.29 is 14.6 Å². The van der Waals surface area contributed by atoms with Crippen molar-refractivity contribution in [3.63, 3.8) is 0 Å². The average molecular weight is 278 g/mol. The summed E-state index contributed by atoms with van der Waals surface area (Å²) in [6.07, 6.45) is 2.41. The van der Waals surface area contributed by atoms with Crippen molar-refractivity contribution in [1.29, 1.82) is 0 Å². The van der Waals surface area contributed by atoms with Crippen molar-refractivity contribution in [2.75, 3.05) is 25.2 Å². The summed E-state index contributed by atoms with van der Waals surface area (Å²) in [6.45, 7) is 5.24. The number of ether oxygens (including phenoxy) is 1. The fourth-order valence-electron chi connectivity index (χ4n) is 2.45. The SMILES string of the molecule is COCCN(c1nc(C)ccc1C(=O)O)C(C)C1CC1. The lowest BCUT2D eigenvalue weighted by atomic mass is 10.1. The van der Waals surface area contributed by atoms with Gasteiger partial charge in [0.2, 0.25) is 0 Å². The first kappa shape index (κ1) is 14.8. The molecule has 1 atom stereocenters. The third-order valence-corrected chi connectivity index (χ3v) is 3.85. The molecule has 1 unspecified atom stereocenters. The largest absolute Gasteiger partial charge is 0.478 e. The van der Waals surface area contributed by atoms with E-state index in [1.165, 1.54) is 12.8 Å². The van der Waals surface area contributed by atoms with Gasteiger partial charge in [-0.25, -0.2) is 9.78 Å². The van der Waals surface area contributed by atoms with E-state index in [4.69, 9.17) is 4.74 Å². The van der Waals surface area contributed by atoms with E-state index in [1.54, 1.807) is 19.2 Å². The molecule has 0 aliphatic heterocycles. The van der Waals surface area contributed by atoms with Crippen molar-refractivity contribution in [2.45, 2.75) is 32.7 Å². The standard InChI is InChI=1S/C15H22N2O3/c1-10-4-7-13(15(18)19)14(16-10)17(8-9-20-3)11(2)12-5-6-12/h4,7,11-12H,5-6,8-9H2,1-3H3,(H,18,19). The number of carboxylic acids is 1. The Balaban J connectivity index is 2.35. The Kier molecular flexibility index (Phi) is 4.60. The summed E-state index contributed by atoms with van der Waals surface area (Å²) in [5.41, 5.74) is 1.09. The zero-order valence-corrected chi connectivity index (χ0v) is 12.3. The molecule has 0 aromatic carbocycles. The molecule has 0 bridgehead atoms. The smallest absolute Gasteiger partial charge is 0.339 e. The number of aryl methyl sites for hydroxylation is 1. The molecule has 1 fully saturated rings. The predicted molar refractivity (Wildman–Crippen MR) is 77.3 cm³/mol. The normalized spacial score (nSPS) is 15.9. The molecule has 1 heterocycles. The maximum absolute atomic E-state index is 11.4. The summed E-state index contributed by atoms with van der Waals surface area (Å²) in [5.74, 6) is 0.266. The molecule has 5 nitrogen and oxygen atoms in total. The zero-order valence-electron chi connectivity index (χ0n) is 12.3. The summed E-state index contributed by atoms with van der Waals surface area (Å²) in [7, 11) is 1.65. The summed E-state index contributed by atoms with van der Waals surface area (Å²) >= 11 is 0. The summed E-state index contributed by atoms with van der Waals surface area (Å²) < 4.78 is 5.16. The Morgan fingerprint density at radius 2 is 2.25 bits per heavy atom. The highest BCUT2D eigenvalue weighted by Crippen LogP contribution is 2.37. The van der Waals surface area contributed by atoms with Gasteiger partial charge in [0.1, 0.15) is 11.4 Å². The number of nitrogens with zero attached hydrogens (tertiary/aromatic N) is 2. The van der Waals surface area contributed by atoms with Crippen LogP contribution in [0, 0.1) is 12.8 Å². The molecule has 20 heavy (non-hydrogen) atoms. The molecule has 5 heteroatoms. The van der Waals surface area contributed by atoms with Crippen molar-refractivity contribution in [2.24, 2.45) is 5.92 Å². The van der Waals surface area contributed by atoms with E-state index in [0.717, 1.165) is 5.69 Å². The Labute approximate surface area is 119 Å². The zero-order chi connectivity index (χ0) is 14.7. The van der Waals surface area contributed by atoms with Crippen molar-refractivity contribution in [3.05, 3.63) is 23.4 Å². The minimum Gasteiger partial charge on any atom is -0.478 e. The molecular weight excluding hydrogens is 256 g/mol. The average Bonchev–Trinajstić information content (AvgIpc) is 3.23. The fraction of sp³-hybridized carbons (Fsp3) is 0.600. The number of anilines is 1. The Bertz CT molecular complexity index is 486. The van der Waals surface area contributed by atoms with Gasteiger partial charge in [-0.05, 0) is 44.7 Å². The van der Waals surface area contributed by atoms with Crippen LogP contribution in [0.3, 0.4) is 0 Å². The predicted octanol–water partition coefficient (Wildman–Crippen LogP) is 2.34. The van der Waals surface area contributed by atoms with Gasteiger partial charge in [-0.15, -0.1) is 0 Å². The summed E-state index contributed by atoms with van der Waals surface area (Å²) in [5, 5.41) is 9.37. The highest BCUT2D eigenvalue weighted by Gasteiger charge is 2.34. The molecule has 1 aromatic heterocycles. The number of carbonyl (C=O) groups is 1. The molecular formula is C15H22N2O3. The van der Waals surface area contributed by atoms with E-state index >= 15 is 0 Å². The lowest BCUT2D eigenvalue weighted by Crippen LogP contribution is -2.39.